The number of benzene rings is 1. The molecule has 3 rings (SSSR count). The van der Waals surface area contributed by atoms with Gasteiger partial charge in [-0.05, 0) is 36.2 Å². The molecule has 3 atom stereocenters. The molecule has 1 N–H and O–H groups in total. The van der Waals surface area contributed by atoms with Gasteiger partial charge < -0.3 is 0 Å². The van der Waals surface area contributed by atoms with E-state index in [9.17, 15) is 9.59 Å². The summed E-state index contributed by atoms with van der Waals surface area (Å²) in [5, 5.41) is 2.54. The van der Waals surface area contributed by atoms with Gasteiger partial charge >= 0.3 is 0 Å². The highest BCUT2D eigenvalue weighted by atomic mass is 16.2. The third-order valence-electron chi connectivity index (χ3n) is 5.00. The maximum absolute atomic E-state index is 12.3. The summed E-state index contributed by atoms with van der Waals surface area (Å²) in [5.41, 5.74) is 1.08. The summed E-state index contributed by atoms with van der Waals surface area (Å²) in [7, 11) is 0. The predicted octanol–water partition coefficient (Wildman–Crippen LogP) is 2.70. The van der Waals surface area contributed by atoms with Crippen LogP contribution in [0.15, 0.2) is 30.3 Å². The summed E-state index contributed by atoms with van der Waals surface area (Å²) >= 11 is 0. The van der Waals surface area contributed by atoms with Crippen molar-refractivity contribution in [2.24, 2.45) is 17.3 Å². The third-order valence-corrected chi connectivity index (χ3v) is 5.00. The Hall–Kier alpha value is -1.64. The Morgan fingerprint density at radius 1 is 1.25 bits per heavy atom. The zero-order valence-corrected chi connectivity index (χ0v) is 11.9. The van der Waals surface area contributed by atoms with Gasteiger partial charge in [0.15, 0.2) is 0 Å². The van der Waals surface area contributed by atoms with Crippen molar-refractivity contribution in [3.63, 3.8) is 0 Å². The average Bonchev–Trinajstić information content (AvgIpc) is 2.77. The van der Waals surface area contributed by atoms with E-state index in [0.717, 1.165) is 25.7 Å². The molecule has 1 aromatic rings. The molecule has 106 valence electrons. The molecule has 0 bridgehead atoms. The summed E-state index contributed by atoms with van der Waals surface area (Å²) in [5.74, 6) is 0.395. The van der Waals surface area contributed by atoms with Gasteiger partial charge in [0, 0.05) is 12.3 Å². The van der Waals surface area contributed by atoms with E-state index in [1.807, 2.05) is 18.2 Å². The van der Waals surface area contributed by atoms with E-state index in [4.69, 9.17) is 0 Å². The summed E-state index contributed by atoms with van der Waals surface area (Å²) in [4.78, 5) is 24.2. The summed E-state index contributed by atoms with van der Waals surface area (Å²) in [6, 6.07) is 10.1. The molecule has 2 fully saturated rings. The summed E-state index contributed by atoms with van der Waals surface area (Å²) in [6.45, 7) is 2.23. The fourth-order valence-electron chi connectivity index (χ4n) is 4.06. The van der Waals surface area contributed by atoms with Crippen LogP contribution in [0.3, 0.4) is 0 Å². The number of hydrogen-bond acceptors (Lipinski definition) is 2. The van der Waals surface area contributed by atoms with Crippen molar-refractivity contribution in [1.82, 2.24) is 5.32 Å². The van der Waals surface area contributed by atoms with Crippen molar-refractivity contribution in [1.29, 1.82) is 0 Å². The predicted molar refractivity (Wildman–Crippen MR) is 76.9 cm³/mol. The number of amides is 2. The fourth-order valence-corrected chi connectivity index (χ4v) is 4.06. The van der Waals surface area contributed by atoms with E-state index in [-0.39, 0.29) is 23.1 Å². The molecule has 2 amide bonds. The lowest BCUT2D eigenvalue weighted by Crippen LogP contribution is -2.52. The number of imide groups is 1. The minimum Gasteiger partial charge on any atom is -0.296 e. The lowest BCUT2D eigenvalue weighted by molar-refractivity contribution is -0.143. The highest BCUT2D eigenvalue weighted by Gasteiger charge is 2.51. The van der Waals surface area contributed by atoms with Crippen LogP contribution in [0.4, 0.5) is 0 Å². The minimum absolute atomic E-state index is 0.0625. The fraction of sp³-hybridized carbons (Fsp3) is 0.529. The second kappa shape index (κ2) is 5.04. The van der Waals surface area contributed by atoms with E-state index in [1.54, 1.807) is 0 Å². The van der Waals surface area contributed by atoms with Crippen LogP contribution in [-0.4, -0.2) is 11.8 Å². The molecule has 20 heavy (non-hydrogen) atoms. The first-order valence-electron chi connectivity index (χ1n) is 7.47. The molecular formula is C17H21NO2. The van der Waals surface area contributed by atoms with Gasteiger partial charge in [-0.3, -0.25) is 14.9 Å². The van der Waals surface area contributed by atoms with Crippen LogP contribution in [0, 0.1) is 17.3 Å². The van der Waals surface area contributed by atoms with Gasteiger partial charge in [-0.25, -0.2) is 0 Å². The summed E-state index contributed by atoms with van der Waals surface area (Å²) < 4.78 is 0. The van der Waals surface area contributed by atoms with E-state index >= 15 is 0 Å². The Morgan fingerprint density at radius 3 is 2.65 bits per heavy atom. The molecule has 1 heterocycles. The molecule has 1 aliphatic carbocycles. The van der Waals surface area contributed by atoms with Crippen molar-refractivity contribution in [3.8, 4) is 0 Å². The molecular weight excluding hydrogens is 250 g/mol. The quantitative estimate of drug-likeness (QED) is 0.841. The number of carbonyl (C=O) groups excluding carboxylic acids is 2. The van der Waals surface area contributed by atoms with Crippen LogP contribution in [0.25, 0.3) is 0 Å². The molecule has 1 aromatic carbocycles. The Bertz CT molecular complexity index is 525. The molecule has 0 aromatic heterocycles. The van der Waals surface area contributed by atoms with Crippen LogP contribution >= 0.6 is 0 Å². The standard InChI is InChI=1S/C17H21NO2/c1-12-7-8-17(10-12)11-15(19)18-16(20)14(17)9-13-5-3-2-4-6-13/h2-6,12,14H,7-11H2,1H3,(H,18,19,20). The van der Waals surface area contributed by atoms with Crippen molar-refractivity contribution in [2.75, 3.05) is 0 Å². The van der Waals surface area contributed by atoms with Gasteiger partial charge in [-0.2, -0.15) is 0 Å². The maximum Gasteiger partial charge on any atom is 0.230 e. The SMILES string of the molecule is CC1CCC2(CC(=O)NC(=O)C2Cc2ccccc2)C1. The highest BCUT2D eigenvalue weighted by molar-refractivity contribution is 5.99. The molecule has 0 radical (unpaired) electrons. The molecule has 1 saturated heterocycles. The van der Waals surface area contributed by atoms with Crippen LogP contribution in [0.2, 0.25) is 0 Å². The Balaban J connectivity index is 1.88. The zero-order chi connectivity index (χ0) is 14.2. The smallest absolute Gasteiger partial charge is 0.230 e. The van der Waals surface area contributed by atoms with Crippen molar-refractivity contribution in [3.05, 3.63) is 35.9 Å². The van der Waals surface area contributed by atoms with Crippen LogP contribution in [0.1, 0.15) is 38.2 Å². The Kier molecular flexibility index (Phi) is 3.36. The molecule has 3 heteroatoms. The van der Waals surface area contributed by atoms with E-state index in [2.05, 4.69) is 24.4 Å². The summed E-state index contributed by atoms with van der Waals surface area (Å²) in [6.07, 6.45) is 4.40. The highest BCUT2D eigenvalue weighted by Crippen LogP contribution is 2.52. The van der Waals surface area contributed by atoms with Crippen LogP contribution in [0.5, 0.6) is 0 Å². The van der Waals surface area contributed by atoms with Gasteiger partial charge in [-0.15, -0.1) is 0 Å². The topological polar surface area (TPSA) is 46.2 Å². The molecule has 2 aliphatic rings. The third kappa shape index (κ3) is 2.37. The largest absolute Gasteiger partial charge is 0.296 e. The van der Waals surface area contributed by atoms with Crippen LogP contribution < -0.4 is 5.32 Å². The lowest BCUT2D eigenvalue weighted by Gasteiger charge is -2.40. The van der Waals surface area contributed by atoms with E-state index in [1.165, 1.54) is 5.56 Å². The normalized spacial score (nSPS) is 33.5. The second-order valence-electron chi connectivity index (χ2n) is 6.54. The Morgan fingerprint density at radius 2 is 2.00 bits per heavy atom. The van der Waals surface area contributed by atoms with Gasteiger partial charge in [0.05, 0.1) is 0 Å². The monoisotopic (exact) mass is 271 g/mol. The maximum atomic E-state index is 12.3. The van der Waals surface area contributed by atoms with Crippen molar-refractivity contribution < 1.29 is 9.59 Å². The van der Waals surface area contributed by atoms with E-state index < -0.39 is 0 Å². The molecule has 1 spiro atoms. The zero-order valence-electron chi connectivity index (χ0n) is 11.9. The van der Waals surface area contributed by atoms with Gasteiger partial charge in [0.2, 0.25) is 11.8 Å². The molecule has 3 unspecified atom stereocenters. The van der Waals surface area contributed by atoms with Gasteiger partial charge in [-0.1, -0.05) is 43.7 Å². The first kappa shape index (κ1) is 13.3. The second-order valence-corrected chi connectivity index (χ2v) is 6.54. The van der Waals surface area contributed by atoms with Crippen molar-refractivity contribution >= 4 is 11.8 Å². The number of piperidine rings is 1. The van der Waals surface area contributed by atoms with Gasteiger partial charge in [0.1, 0.15) is 0 Å². The number of rotatable bonds is 2. The lowest BCUT2D eigenvalue weighted by atomic mass is 9.66. The molecule has 3 nitrogen and oxygen atoms in total. The van der Waals surface area contributed by atoms with Crippen LogP contribution in [-0.2, 0) is 16.0 Å². The number of hydrogen-bond donors (Lipinski definition) is 1. The molecule has 1 saturated carbocycles. The number of carbonyl (C=O) groups is 2. The first-order chi connectivity index (χ1) is 9.59. The minimum atomic E-state index is -0.103. The average molecular weight is 271 g/mol. The van der Waals surface area contributed by atoms with E-state index in [0.29, 0.717) is 12.3 Å². The number of nitrogens with one attached hydrogen (secondary N) is 1. The molecule has 1 aliphatic heterocycles. The van der Waals surface area contributed by atoms with Gasteiger partial charge in [0.25, 0.3) is 0 Å². The first-order valence-corrected chi connectivity index (χ1v) is 7.47. The van der Waals surface area contributed by atoms with Crippen molar-refractivity contribution in [2.45, 2.75) is 39.0 Å². The Labute approximate surface area is 119 Å².